The Morgan fingerprint density at radius 3 is 2.50 bits per heavy atom. The standard InChI is InChI=1S/C14H16ClNO2/c1-10-2-7-14(18-10)11-3-5-12(6-4-11)16-9-13(17)8-15/h2-7,13,16-17H,8-9H2,1H3. The second-order valence-electron chi connectivity index (χ2n) is 4.18. The van der Waals surface area contributed by atoms with Gasteiger partial charge in [0.2, 0.25) is 0 Å². The third-order valence-corrected chi connectivity index (χ3v) is 2.99. The lowest BCUT2D eigenvalue weighted by atomic mass is 10.1. The van der Waals surface area contributed by atoms with Crippen molar-refractivity contribution >= 4 is 17.3 Å². The van der Waals surface area contributed by atoms with Crippen molar-refractivity contribution in [1.29, 1.82) is 0 Å². The van der Waals surface area contributed by atoms with E-state index in [1.54, 1.807) is 0 Å². The van der Waals surface area contributed by atoms with E-state index < -0.39 is 6.10 Å². The van der Waals surface area contributed by atoms with Gasteiger partial charge in [-0.25, -0.2) is 0 Å². The van der Waals surface area contributed by atoms with E-state index in [1.807, 2.05) is 43.3 Å². The van der Waals surface area contributed by atoms with E-state index in [9.17, 15) is 5.11 Å². The van der Waals surface area contributed by atoms with Gasteiger partial charge in [0.1, 0.15) is 11.5 Å². The molecule has 0 saturated heterocycles. The Morgan fingerprint density at radius 2 is 1.94 bits per heavy atom. The summed E-state index contributed by atoms with van der Waals surface area (Å²) in [6.45, 7) is 2.37. The second kappa shape index (κ2) is 5.94. The van der Waals surface area contributed by atoms with Crippen molar-refractivity contribution in [2.75, 3.05) is 17.7 Å². The molecule has 0 aliphatic rings. The number of aliphatic hydroxyl groups is 1. The fourth-order valence-corrected chi connectivity index (χ4v) is 1.74. The number of nitrogens with one attached hydrogen (secondary N) is 1. The smallest absolute Gasteiger partial charge is 0.134 e. The van der Waals surface area contributed by atoms with Gasteiger partial charge in [0.05, 0.1) is 12.0 Å². The van der Waals surface area contributed by atoms with Gasteiger partial charge in [0.15, 0.2) is 0 Å². The first kappa shape index (κ1) is 13.0. The van der Waals surface area contributed by atoms with Crippen LogP contribution >= 0.6 is 11.6 Å². The predicted molar refractivity (Wildman–Crippen MR) is 74.1 cm³/mol. The maximum Gasteiger partial charge on any atom is 0.134 e. The SMILES string of the molecule is Cc1ccc(-c2ccc(NCC(O)CCl)cc2)o1. The van der Waals surface area contributed by atoms with Gasteiger partial charge in [-0.15, -0.1) is 11.6 Å². The van der Waals surface area contributed by atoms with Gasteiger partial charge in [0, 0.05) is 17.8 Å². The van der Waals surface area contributed by atoms with Gasteiger partial charge in [-0.05, 0) is 43.3 Å². The molecule has 0 fully saturated rings. The van der Waals surface area contributed by atoms with Crippen molar-refractivity contribution in [3.05, 3.63) is 42.2 Å². The van der Waals surface area contributed by atoms with Crippen LogP contribution in [0.4, 0.5) is 5.69 Å². The molecule has 1 unspecified atom stereocenters. The lowest BCUT2D eigenvalue weighted by Crippen LogP contribution is -2.20. The maximum absolute atomic E-state index is 9.35. The van der Waals surface area contributed by atoms with Crippen molar-refractivity contribution in [1.82, 2.24) is 0 Å². The molecule has 1 aromatic heterocycles. The first-order valence-electron chi connectivity index (χ1n) is 5.84. The molecule has 1 heterocycles. The molecule has 96 valence electrons. The van der Waals surface area contributed by atoms with Crippen LogP contribution in [0, 0.1) is 6.92 Å². The largest absolute Gasteiger partial charge is 0.461 e. The molecule has 0 radical (unpaired) electrons. The summed E-state index contributed by atoms with van der Waals surface area (Å²) < 4.78 is 5.55. The number of halogens is 1. The Hall–Kier alpha value is -1.45. The first-order valence-corrected chi connectivity index (χ1v) is 6.37. The molecular formula is C14H16ClNO2. The van der Waals surface area contributed by atoms with Gasteiger partial charge in [-0.1, -0.05) is 0 Å². The monoisotopic (exact) mass is 265 g/mol. The third-order valence-electron chi connectivity index (χ3n) is 2.63. The number of hydrogen-bond acceptors (Lipinski definition) is 3. The van der Waals surface area contributed by atoms with E-state index in [0.717, 1.165) is 22.8 Å². The molecular weight excluding hydrogens is 250 g/mol. The molecule has 1 atom stereocenters. The van der Waals surface area contributed by atoms with Gasteiger partial charge < -0.3 is 14.8 Å². The summed E-state index contributed by atoms with van der Waals surface area (Å²) >= 11 is 5.52. The molecule has 0 spiro atoms. The average molecular weight is 266 g/mol. The maximum atomic E-state index is 9.35. The van der Waals surface area contributed by atoms with Crippen LogP contribution in [0.2, 0.25) is 0 Å². The Morgan fingerprint density at radius 1 is 1.22 bits per heavy atom. The zero-order valence-electron chi connectivity index (χ0n) is 10.2. The second-order valence-corrected chi connectivity index (χ2v) is 4.49. The highest BCUT2D eigenvalue weighted by molar-refractivity contribution is 6.18. The third kappa shape index (κ3) is 3.28. The number of benzene rings is 1. The zero-order valence-corrected chi connectivity index (χ0v) is 10.9. The predicted octanol–water partition coefficient (Wildman–Crippen LogP) is 3.27. The average Bonchev–Trinajstić information content (AvgIpc) is 2.83. The van der Waals surface area contributed by atoms with Crippen LogP contribution < -0.4 is 5.32 Å². The molecule has 18 heavy (non-hydrogen) atoms. The molecule has 0 aliphatic carbocycles. The fourth-order valence-electron chi connectivity index (χ4n) is 1.63. The zero-order chi connectivity index (χ0) is 13.0. The van der Waals surface area contributed by atoms with Crippen LogP contribution in [-0.4, -0.2) is 23.6 Å². The number of hydrogen-bond donors (Lipinski definition) is 2. The van der Waals surface area contributed by atoms with Gasteiger partial charge in [-0.3, -0.25) is 0 Å². The van der Waals surface area contributed by atoms with E-state index in [0.29, 0.717) is 6.54 Å². The van der Waals surface area contributed by atoms with Crippen LogP contribution in [0.3, 0.4) is 0 Å². The summed E-state index contributed by atoms with van der Waals surface area (Å²) in [5.41, 5.74) is 1.98. The molecule has 4 heteroatoms. The van der Waals surface area contributed by atoms with Crippen molar-refractivity contribution < 1.29 is 9.52 Å². The highest BCUT2D eigenvalue weighted by Crippen LogP contribution is 2.23. The summed E-state index contributed by atoms with van der Waals surface area (Å²) in [7, 11) is 0. The van der Waals surface area contributed by atoms with E-state index in [2.05, 4.69) is 5.32 Å². The van der Waals surface area contributed by atoms with Gasteiger partial charge >= 0.3 is 0 Å². The fraction of sp³-hybridized carbons (Fsp3) is 0.286. The van der Waals surface area contributed by atoms with E-state index in [-0.39, 0.29) is 5.88 Å². The van der Waals surface area contributed by atoms with Crippen molar-refractivity contribution in [2.45, 2.75) is 13.0 Å². The van der Waals surface area contributed by atoms with Crippen molar-refractivity contribution in [3.63, 3.8) is 0 Å². The topological polar surface area (TPSA) is 45.4 Å². The van der Waals surface area contributed by atoms with E-state index >= 15 is 0 Å². The number of aryl methyl sites for hydroxylation is 1. The Kier molecular flexibility index (Phi) is 4.28. The lowest BCUT2D eigenvalue weighted by molar-refractivity contribution is 0.211. The summed E-state index contributed by atoms with van der Waals surface area (Å²) in [4.78, 5) is 0. The minimum atomic E-state index is -0.529. The van der Waals surface area contributed by atoms with Crippen LogP contribution in [0.25, 0.3) is 11.3 Å². The minimum absolute atomic E-state index is 0.233. The molecule has 0 aliphatic heterocycles. The molecule has 0 bridgehead atoms. The summed E-state index contributed by atoms with van der Waals surface area (Å²) in [5.74, 6) is 1.99. The Labute approximate surface area is 111 Å². The normalized spacial score (nSPS) is 12.4. The number of furan rings is 1. The number of rotatable bonds is 5. The first-order chi connectivity index (χ1) is 8.69. The van der Waals surface area contributed by atoms with Crippen molar-refractivity contribution in [3.8, 4) is 11.3 Å². The molecule has 2 aromatic rings. The van der Waals surface area contributed by atoms with Crippen LogP contribution in [0.1, 0.15) is 5.76 Å². The molecule has 2 rings (SSSR count). The van der Waals surface area contributed by atoms with Crippen LogP contribution in [0.5, 0.6) is 0 Å². The minimum Gasteiger partial charge on any atom is -0.461 e. The lowest BCUT2D eigenvalue weighted by Gasteiger charge is -2.10. The van der Waals surface area contributed by atoms with Gasteiger partial charge in [-0.2, -0.15) is 0 Å². The summed E-state index contributed by atoms with van der Waals surface area (Å²) in [5, 5.41) is 12.5. The van der Waals surface area contributed by atoms with Gasteiger partial charge in [0.25, 0.3) is 0 Å². The Bertz CT molecular complexity index is 493. The number of anilines is 1. The number of alkyl halides is 1. The molecule has 2 N–H and O–H groups in total. The van der Waals surface area contributed by atoms with E-state index in [1.165, 1.54) is 0 Å². The van der Waals surface area contributed by atoms with Crippen LogP contribution in [0.15, 0.2) is 40.8 Å². The molecule has 3 nitrogen and oxygen atoms in total. The highest BCUT2D eigenvalue weighted by atomic mass is 35.5. The molecule has 0 saturated carbocycles. The van der Waals surface area contributed by atoms with Crippen molar-refractivity contribution in [2.24, 2.45) is 0 Å². The number of aliphatic hydroxyl groups excluding tert-OH is 1. The molecule has 1 aromatic carbocycles. The molecule has 0 amide bonds. The van der Waals surface area contributed by atoms with Crippen LogP contribution in [-0.2, 0) is 0 Å². The summed E-state index contributed by atoms with van der Waals surface area (Å²) in [6.07, 6.45) is -0.529. The van der Waals surface area contributed by atoms with E-state index in [4.69, 9.17) is 16.0 Å². The quantitative estimate of drug-likeness (QED) is 0.816. The highest BCUT2D eigenvalue weighted by Gasteiger charge is 2.04. The summed E-state index contributed by atoms with van der Waals surface area (Å²) in [6, 6.07) is 11.8. The Balaban J connectivity index is 2.01.